The SMILES string of the molecule is CN(Cc1nc(CCc2ccccc2)n[nH]1)[C@H]1CCS(=O)(=O)C1. The first-order chi connectivity index (χ1) is 11.0. The highest BCUT2D eigenvalue weighted by atomic mass is 32.2. The van der Waals surface area contributed by atoms with Gasteiger partial charge < -0.3 is 0 Å². The summed E-state index contributed by atoms with van der Waals surface area (Å²) >= 11 is 0. The number of nitrogens with zero attached hydrogens (tertiary/aromatic N) is 3. The Bertz CT molecular complexity index is 742. The lowest BCUT2D eigenvalue weighted by Gasteiger charge is -2.21. The molecule has 1 aliphatic rings. The predicted octanol–water partition coefficient (Wildman–Crippen LogP) is 1.21. The number of H-pyrrole nitrogens is 1. The van der Waals surface area contributed by atoms with Crippen molar-refractivity contribution in [2.45, 2.75) is 31.8 Å². The molecular weight excluding hydrogens is 312 g/mol. The molecule has 1 fully saturated rings. The van der Waals surface area contributed by atoms with E-state index in [0.717, 1.165) is 24.5 Å². The quantitative estimate of drug-likeness (QED) is 0.859. The van der Waals surface area contributed by atoms with Gasteiger partial charge >= 0.3 is 0 Å². The molecule has 0 spiro atoms. The maximum atomic E-state index is 11.6. The lowest BCUT2D eigenvalue weighted by atomic mass is 10.1. The molecule has 7 heteroatoms. The number of aryl methyl sites for hydroxylation is 2. The van der Waals surface area contributed by atoms with E-state index in [0.29, 0.717) is 18.7 Å². The van der Waals surface area contributed by atoms with Gasteiger partial charge in [-0.3, -0.25) is 10.00 Å². The Morgan fingerprint density at radius 3 is 2.74 bits per heavy atom. The summed E-state index contributed by atoms with van der Waals surface area (Å²) in [7, 11) is -0.913. The molecule has 2 aromatic rings. The van der Waals surface area contributed by atoms with Crippen LogP contribution in [0.15, 0.2) is 30.3 Å². The fourth-order valence-electron chi connectivity index (χ4n) is 2.91. The maximum Gasteiger partial charge on any atom is 0.151 e. The van der Waals surface area contributed by atoms with Gasteiger partial charge in [0.15, 0.2) is 15.7 Å². The average Bonchev–Trinajstić information content (AvgIpc) is 3.12. The Hall–Kier alpha value is -1.73. The predicted molar refractivity (Wildman–Crippen MR) is 88.8 cm³/mol. The molecule has 0 aliphatic carbocycles. The molecule has 0 bridgehead atoms. The number of aromatic amines is 1. The number of hydrogen-bond acceptors (Lipinski definition) is 5. The highest BCUT2D eigenvalue weighted by Crippen LogP contribution is 2.17. The monoisotopic (exact) mass is 334 g/mol. The van der Waals surface area contributed by atoms with Gasteiger partial charge in [0.05, 0.1) is 18.1 Å². The van der Waals surface area contributed by atoms with Crippen molar-refractivity contribution in [1.82, 2.24) is 20.1 Å². The van der Waals surface area contributed by atoms with Crippen molar-refractivity contribution in [2.24, 2.45) is 0 Å². The summed E-state index contributed by atoms with van der Waals surface area (Å²) in [5.74, 6) is 2.13. The van der Waals surface area contributed by atoms with Gasteiger partial charge in [-0.05, 0) is 25.5 Å². The van der Waals surface area contributed by atoms with Crippen LogP contribution in [0.25, 0.3) is 0 Å². The zero-order valence-electron chi connectivity index (χ0n) is 13.3. The van der Waals surface area contributed by atoms with Crippen LogP contribution in [0, 0.1) is 0 Å². The highest BCUT2D eigenvalue weighted by Gasteiger charge is 2.30. The zero-order valence-corrected chi connectivity index (χ0v) is 14.1. The summed E-state index contributed by atoms with van der Waals surface area (Å²) in [4.78, 5) is 6.56. The van der Waals surface area contributed by atoms with Crippen LogP contribution in [-0.4, -0.2) is 53.1 Å². The number of sulfone groups is 1. The maximum absolute atomic E-state index is 11.6. The summed E-state index contributed by atoms with van der Waals surface area (Å²) < 4.78 is 23.1. The van der Waals surface area contributed by atoms with Gasteiger partial charge in [-0.15, -0.1) is 0 Å². The van der Waals surface area contributed by atoms with Gasteiger partial charge in [0.2, 0.25) is 0 Å². The summed E-state index contributed by atoms with van der Waals surface area (Å²) in [5.41, 5.74) is 1.27. The number of nitrogens with one attached hydrogen (secondary N) is 1. The molecule has 1 aliphatic heterocycles. The summed E-state index contributed by atoms with van der Waals surface area (Å²) in [6, 6.07) is 10.3. The topological polar surface area (TPSA) is 79.0 Å². The fourth-order valence-corrected chi connectivity index (χ4v) is 4.71. The molecule has 1 aromatic heterocycles. The molecule has 0 saturated carbocycles. The smallest absolute Gasteiger partial charge is 0.151 e. The first-order valence-corrected chi connectivity index (χ1v) is 9.69. The number of rotatable bonds is 6. The normalized spacial score (nSPS) is 20.2. The molecule has 1 saturated heterocycles. The third-order valence-electron chi connectivity index (χ3n) is 4.29. The van der Waals surface area contributed by atoms with Gasteiger partial charge in [0.25, 0.3) is 0 Å². The molecule has 1 atom stereocenters. The van der Waals surface area contributed by atoms with Crippen LogP contribution in [0.4, 0.5) is 0 Å². The molecule has 0 radical (unpaired) electrons. The second kappa shape index (κ2) is 6.80. The second-order valence-electron chi connectivity index (χ2n) is 6.16. The van der Waals surface area contributed by atoms with Crippen molar-refractivity contribution in [1.29, 1.82) is 0 Å². The van der Waals surface area contributed by atoms with E-state index in [-0.39, 0.29) is 11.8 Å². The van der Waals surface area contributed by atoms with E-state index in [1.54, 1.807) is 0 Å². The molecule has 0 unspecified atom stereocenters. The van der Waals surface area contributed by atoms with E-state index in [4.69, 9.17) is 0 Å². The van der Waals surface area contributed by atoms with Crippen LogP contribution < -0.4 is 0 Å². The Labute approximate surface area is 136 Å². The summed E-state index contributed by atoms with van der Waals surface area (Å²) in [6.45, 7) is 0.596. The molecule has 2 heterocycles. The first-order valence-electron chi connectivity index (χ1n) is 7.86. The van der Waals surface area contributed by atoms with Crippen LogP contribution >= 0.6 is 0 Å². The van der Waals surface area contributed by atoms with E-state index in [9.17, 15) is 8.42 Å². The summed E-state index contributed by atoms with van der Waals surface area (Å²) in [5, 5.41) is 7.22. The molecule has 6 nitrogen and oxygen atoms in total. The zero-order chi connectivity index (χ0) is 16.3. The van der Waals surface area contributed by atoms with Crippen LogP contribution in [-0.2, 0) is 29.2 Å². The van der Waals surface area contributed by atoms with Crippen molar-refractivity contribution in [3.63, 3.8) is 0 Å². The number of hydrogen-bond donors (Lipinski definition) is 1. The molecule has 3 rings (SSSR count). The van der Waals surface area contributed by atoms with Crippen LogP contribution in [0.3, 0.4) is 0 Å². The second-order valence-corrected chi connectivity index (χ2v) is 8.38. The Balaban J connectivity index is 1.53. The van der Waals surface area contributed by atoms with Crippen molar-refractivity contribution in [3.8, 4) is 0 Å². The van der Waals surface area contributed by atoms with Gasteiger partial charge in [-0.25, -0.2) is 13.4 Å². The van der Waals surface area contributed by atoms with E-state index in [2.05, 4.69) is 27.3 Å². The van der Waals surface area contributed by atoms with Gasteiger partial charge in [-0.2, -0.15) is 5.10 Å². The lowest BCUT2D eigenvalue weighted by molar-refractivity contribution is 0.248. The Morgan fingerprint density at radius 2 is 2.04 bits per heavy atom. The van der Waals surface area contributed by atoms with E-state index in [1.807, 2.05) is 30.1 Å². The molecule has 1 aromatic carbocycles. The van der Waals surface area contributed by atoms with Crippen LogP contribution in [0.1, 0.15) is 23.6 Å². The minimum atomic E-state index is -2.85. The van der Waals surface area contributed by atoms with Crippen LogP contribution in [0.5, 0.6) is 0 Å². The first kappa shape index (κ1) is 16.1. The van der Waals surface area contributed by atoms with Crippen molar-refractivity contribution < 1.29 is 8.42 Å². The minimum absolute atomic E-state index is 0.0814. The third-order valence-corrected chi connectivity index (χ3v) is 6.04. The Kier molecular flexibility index (Phi) is 4.77. The molecule has 1 N–H and O–H groups in total. The Morgan fingerprint density at radius 1 is 1.26 bits per heavy atom. The fraction of sp³-hybridized carbons (Fsp3) is 0.500. The van der Waals surface area contributed by atoms with Gasteiger partial charge in [0.1, 0.15) is 5.82 Å². The van der Waals surface area contributed by atoms with Crippen LogP contribution in [0.2, 0.25) is 0 Å². The van der Waals surface area contributed by atoms with Crippen molar-refractivity contribution in [2.75, 3.05) is 18.6 Å². The molecular formula is C16H22N4O2S. The van der Waals surface area contributed by atoms with E-state index in [1.165, 1.54) is 5.56 Å². The minimum Gasteiger partial charge on any atom is -0.295 e. The third kappa shape index (κ3) is 4.39. The molecule has 0 amide bonds. The van der Waals surface area contributed by atoms with Gasteiger partial charge in [0, 0.05) is 12.5 Å². The highest BCUT2D eigenvalue weighted by molar-refractivity contribution is 7.91. The van der Waals surface area contributed by atoms with E-state index < -0.39 is 9.84 Å². The standard InChI is InChI=1S/C16H22N4O2S/c1-20(14-9-10-23(21,22)12-14)11-16-17-15(18-19-16)8-7-13-5-3-2-4-6-13/h2-6,14H,7-12H2,1H3,(H,17,18,19)/t14-/m0/s1. The number of aromatic nitrogens is 3. The van der Waals surface area contributed by atoms with Gasteiger partial charge in [-0.1, -0.05) is 30.3 Å². The number of benzene rings is 1. The van der Waals surface area contributed by atoms with E-state index >= 15 is 0 Å². The molecule has 23 heavy (non-hydrogen) atoms. The largest absolute Gasteiger partial charge is 0.295 e. The average molecular weight is 334 g/mol. The van der Waals surface area contributed by atoms with Crippen molar-refractivity contribution >= 4 is 9.84 Å². The molecule has 124 valence electrons. The lowest BCUT2D eigenvalue weighted by Crippen LogP contribution is -2.32. The van der Waals surface area contributed by atoms with Crippen molar-refractivity contribution in [3.05, 3.63) is 47.5 Å². The summed E-state index contributed by atoms with van der Waals surface area (Å²) in [6.07, 6.45) is 2.41.